The standard InChI is InChI=1S/C27H34N6O10/c1-13(35)32-20-17(33-26(28)29)11-19(25(39)40)42-23(20)22(18(36)12-34)43-27(41)31-10-4-9-30-24(38)16-8-7-14-5-2-3-6-15(14)21(16)37/h2-3,5-8,11,17-18,20,22-23,34,36-37H,4,9-10,12H2,1H3,(H,30,38)(H,31,41)(H,32,35)(H,39,40)(H4,28,29,33)/t17-,18+,20+,22+,23+/m0/s1. The molecule has 5 atom stereocenters. The molecule has 1 aliphatic heterocycles. The predicted octanol–water partition coefficient (Wildman–Crippen LogP) is -1.37. The summed E-state index contributed by atoms with van der Waals surface area (Å²) in [4.78, 5) is 52.7. The molecule has 0 radical (unpaired) electrons. The van der Waals surface area contributed by atoms with Crippen LogP contribution >= 0.6 is 0 Å². The third-order valence-corrected chi connectivity index (χ3v) is 6.37. The van der Waals surface area contributed by atoms with Gasteiger partial charge in [0.25, 0.3) is 5.91 Å². The van der Waals surface area contributed by atoms with Crippen molar-refractivity contribution in [3.05, 3.63) is 53.8 Å². The van der Waals surface area contributed by atoms with Crippen LogP contribution in [0.3, 0.4) is 0 Å². The number of benzene rings is 2. The molecule has 0 aliphatic carbocycles. The molecule has 0 unspecified atom stereocenters. The molecule has 43 heavy (non-hydrogen) atoms. The number of aliphatic imine (C=N–C) groups is 1. The van der Waals surface area contributed by atoms with Gasteiger partial charge in [0.1, 0.15) is 11.9 Å². The second-order valence-corrected chi connectivity index (χ2v) is 9.53. The summed E-state index contributed by atoms with van der Waals surface area (Å²) < 4.78 is 10.8. The number of ether oxygens (including phenoxy) is 2. The number of nitrogens with zero attached hydrogens (tertiary/aromatic N) is 1. The SMILES string of the molecule is CC(=O)N[C@H]1[C@H]([C@H](OC(=O)NCCCNC(=O)c2ccc3ccccc3c2O)[C@H](O)CO)OC(C(=O)O)=C[C@@H]1N=C(N)N. The first-order valence-corrected chi connectivity index (χ1v) is 13.1. The first-order chi connectivity index (χ1) is 20.4. The fraction of sp³-hybridized carbons (Fsp3) is 0.370. The molecule has 2 aromatic carbocycles. The zero-order chi connectivity index (χ0) is 31.7. The smallest absolute Gasteiger partial charge is 0.407 e. The summed E-state index contributed by atoms with van der Waals surface area (Å²) in [5.74, 6) is -3.88. The number of carboxylic acid groups (broad SMARTS) is 1. The van der Waals surface area contributed by atoms with E-state index in [2.05, 4.69) is 20.9 Å². The van der Waals surface area contributed by atoms with Crippen molar-refractivity contribution in [3.8, 4) is 5.75 Å². The van der Waals surface area contributed by atoms with Gasteiger partial charge in [-0.15, -0.1) is 0 Å². The van der Waals surface area contributed by atoms with E-state index in [1.165, 1.54) is 6.07 Å². The second-order valence-electron chi connectivity index (χ2n) is 9.53. The molecule has 11 N–H and O–H groups in total. The maximum Gasteiger partial charge on any atom is 0.407 e. The number of carboxylic acids is 1. The van der Waals surface area contributed by atoms with Gasteiger partial charge in [0, 0.05) is 25.4 Å². The molecule has 3 rings (SSSR count). The van der Waals surface area contributed by atoms with Gasteiger partial charge >= 0.3 is 12.1 Å². The average Bonchev–Trinajstić information content (AvgIpc) is 2.95. The minimum atomic E-state index is -1.77. The molecule has 1 heterocycles. The molecular formula is C27H34N6O10. The monoisotopic (exact) mass is 602 g/mol. The molecule has 16 heteroatoms. The van der Waals surface area contributed by atoms with Crippen LogP contribution < -0.4 is 27.4 Å². The van der Waals surface area contributed by atoms with Crippen molar-refractivity contribution in [2.75, 3.05) is 19.7 Å². The number of aliphatic carboxylic acids is 1. The normalized spacial score (nSPS) is 19.1. The Morgan fingerprint density at radius 3 is 2.44 bits per heavy atom. The Labute approximate surface area is 245 Å². The third kappa shape index (κ3) is 8.46. The highest BCUT2D eigenvalue weighted by Gasteiger charge is 2.46. The van der Waals surface area contributed by atoms with Gasteiger partial charge in [-0.3, -0.25) is 9.59 Å². The number of hydrogen-bond donors (Lipinski definition) is 9. The number of phenols is 1. The Kier molecular flexibility index (Phi) is 11.1. The lowest BCUT2D eigenvalue weighted by atomic mass is 9.92. The summed E-state index contributed by atoms with van der Waals surface area (Å²) in [6, 6.07) is 7.84. The van der Waals surface area contributed by atoms with Gasteiger partial charge in [-0.25, -0.2) is 14.6 Å². The minimum absolute atomic E-state index is 0.0116. The molecule has 0 spiro atoms. The van der Waals surface area contributed by atoms with Crippen molar-refractivity contribution < 1.29 is 49.1 Å². The maximum absolute atomic E-state index is 12.6. The lowest BCUT2D eigenvalue weighted by Gasteiger charge is -2.39. The van der Waals surface area contributed by atoms with E-state index in [0.29, 0.717) is 5.39 Å². The number of amides is 3. The van der Waals surface area contributed by atoms with Crippen molar-refractivity contribution in [2.24, 2.45) is 16.5 Å². The number of carbonyl (C=O) groups excluding carboxylic acids is 3. The summed E-state index contributed by atoms with van der Waals surface area (Å²) in [6.45, 7) is 0.336. The molecule has 0 saturated carbocycles. The molecule has 16 nitrogen and oxygen atoms in total. The van der Waals surface area contributed by atoms with E-state index in [9.17, 15) is 39.6 Å². The van der Waals surface area contributed by atoms with E-state index >= 15 is 0 Å². The first-order valence-electron chi connectivity index (χ1n) is 13.1. The highest BCUT2D eigenvalue weighted by molar-refractivity contribution is 6.03. The number of guanidine groups is 1. The van der Waals surface area contributed by atoms with Gasteiger partial charge in [-0.1, -0.05) is 30.3 Å². The Bertz CT molecular complexity index is 1410. The van der Waals surface area contributed by atoms with Crippen LogP contribution in [0.4, 0.5) is 4.79 Å². The van der Waals surface area contributed by atoms with Crippen LogP contribution in [-0.2, 0) is 19.1 Å². The molecule has 0 bridgehead atoms. The Balaban J connectivity index is 1.63. The van der Waals surface area contributed by atoms with E-state index in [1.807, 2.05) is 6.07 Å². The molecule has 0 saturated heterocycles. The average molecular weight is 603 g/mol. The number of aliphatic hydroxyl groups excluding tert-OH is 2. The van der Waals surface area contributed by atoms with Crippen LogP contribution in [-0.4, -0.2) is 100 Å². The fourth-order valence-electron chi connectivity index (χ4n) is 4.45. The number of fused-ring (bicyclic) bond motifs is 1. The predicted molar refractivity (Wildman–Crippen MR) is 152 cm³/mol. The number of nitrogens with two attached hydrogens (primary N) is 2. The number of aliphatic hydroxyl groups is 2. The number of carbonyl (C=O) groups is 4. The topological polar surface area (TPSA) is 268 Å². The number of alkyl carbamates (subject to hydrolysis) is 1. The highest BCUT2D eigenvalue weighted by atomic mass is 16.6. The second kappa shape index (κ2) is 14.7. The van der Waals surface area contributed by atoms with Crippen LogP contribution in [0.1, 0.15) is 23.7 Å². The number of rotatable bonds is 12. The molecule has 1 aliphatic rings. The van der Waals surface area contributed by atoms with E-state index in [4.69, 9.17) is 20.9 Å². The molecule has 0 aromatic heterocycles. The van der Waals surface area contributed by atoms with E-state index < -0.39 is 72.6 Å². The number of nitrogens with one attached hydrogen (secondary N) is 3. The van der Waals surface area contributed by atoms with Crippen LogP contribution in [0.25, 0.3) is 10.8 Å². The van der Waals surface area contributed by atoms with Crippen molar-refractivity contribution in [1.82, 2.24) is 16.0 Å². The van der Waals surface area contributed by atoms with Crippen molar-refractivity contribution in [2.45, 2.75) is 43.7 Å². The molecule has 0 fully saturated rings. The lowest BCUT2D eigenvalue weighted by Crippen LogP contribution is -2.61. The van der Waals surface area contributed by atoms with Gasteiger partial charge in [-0.05, 0) is 23.9 Å². The van der Waals surface area contributed by atoms with Crippen molar-refractivity contribution in [3.63, 3.8) is 0 Å². The molecule has 3 amide bonds. The maximum atomic E-state index is 12.6. The quantitative estimate of drug-likeness (QED) is 0.0773. The van der Waals surface area contributed by atoms with E-state index in [-0.39, 0.29) is 30.8 Å². The van der Waals surface area contributed by atoms with Gasteiger partial charge in [0.2, 0.25) is 11.7 Å². The van der Waals surface area contributed by atoms with Crippen LogP contribution in [0.5, 0.6) is 5.75 Å². The number of aromatic hydroxyl groups is 1. The van der Waals surface area contributed by atoms with Gasteiger partial charge in [0.05, 0.1) is 24.3 Å². The van der Waals surface area contributed by atoms with Gasteiger partial charge in [0.15, 0.2) is 18.2 Å². The lowest BCUT2D eigenvalue weighted by molar-refractivity contribution is -0.146. The van der Waals surface area contributed by atoms with Crippen LogP contribution in [0, 0.1) is 0 Å². The Morgan fingerprint density at radius 2 is 1.79 bits per heavy atom. The fourth-order valence-corrected chi connectivity index (χ4v) is 4.45. The summed E-state index contributed by atoms with van der Waals surface area (Å²) >= 11 is 0. The van der Waals surface area contributed by atoms with Crippen molar-refractivity contribution in [1.29, 1.82) is 0 Å². The summed E-state index contributed by atoms with van der Waals surface area (Å²) in [5, 5.41) is 48.9. The Morgan fingerprint density at radius 1 is 1.09 bits per heavy atom. The van der Waals surface area contributed by atoms with Gasteiger partial charge < -0.3 is 57.3 Å². The van der Waals surface area contributed by atoms with Crippen LogP contribution in [0.15, 0.2) is 53.2 Å². The van der Waals surface area contributed by atoms with E-state index in [0.717, 1.165) is 18.4 Å². The number of phenolic OH excluding ortho intramolecular Hbond substituents is 1. The largest absolute Gasteiger partial charge is 0.506 e. The van der Waals surface area contributed by atoms with Crippen molar-refractivity contribution >= 4 is 40.6 Å². The summed E-state index contributed by atoms with van der Waals surface area (Å²) in [7, 11) is 0. The number of hydrogen-bond acceptors (Lipinski definition) is 10. The summed E-state index contributed by atoms with van der Waals surface area (Å²) in [6.07, 6.45) is -4.82. The Hall–Kier alpha value is -5.09. The molecule has 2 aromatic rings. The van der Waals surface area contributed by atoms with Gasteiger partial charge in [-0.2, -0.15) is 0 Å². The highest BCUT2D eigenvalue weighted by Crippen LogP contribution is 2.29. The molecule has 232 valence electrons. The molecular weight excluding hydrogens is 568 g/mol. The zero-order valence-corrected chi connectivity index (χ0v) is 23.1. The zero-order valence-electron chi connectivity index (χ0n) is 23.1. The summed E-state index contributed by atoms with van der Waals surface area (Å²) in [5.41, 5.74) is 11.0. The van der Waals surface area contributed by atoms with Crippen LogP contribution in [0.2, 0.25) is 0 Å². The minimum Gasteiger partial charge on any atom is -0.506 e. The third-order valence-electron chi connectivity index (χ3n) is 6.37. The van der Waals surface area contributed by atoms with E-state index in [1.54, 1.807) is 24.3 Å². The first kappa shape index (κ1) is 32.4.